The highest BCUT2D eigenvalue weighted by molar-refractivity contribution is 6.49. The second-order valence-electron chi connectivity index (χ2n) is 18.8. The summed E-state index contributed by atoms with van der Waals surface area (Å²) in [4.78, 5) is 2.25. The van der Waals surface area contributed by atoms with Crippen molar-refractivity contribution in [3.8, 4) is 45.5 Å². The molecule has 0 radical (unpaired) electrons. The van der Waals surface area contributed by atoms with Gasteiger partial charge in [0.2, 0.25) is 0 Å². The summed E-state index contributed by atoms with van der Waals surface area (Å²) in [6, 6.07) is 85.5. The van der Waals surface area contributed by atoms with Crippen molar-refractivity contribution in [2.45, 2.75) is 0 Å². The zero-order valence-corrected chi connectivity index (χ0v) is 38.2. The molecule has 71 heavy (non-hydrogen) atoms. The predicted molar refractivity (Wildman–Crippen MR) is 298 cm³/mol. The van der Waals surface area contributed by atoms with E-state index in [1.807, 2.05) is 48.5 Å². The van der Waals surface area contributed by atoms with Crippen LogP contribution in [0.2, 0.25) is 0 Å². The molecule has 0 aliphatic heterocycles. The highest BCUT2D eigenvalue weighted by atomic mass is 15.1. The maximum atomic E-state index is 9.77. The minimum absolute atomic E-state index is 0.598. The highest BCUT2D eigenvalue weighted by Gasteiger charge is 2.30. The van der Waals surface area contributed by atoms with Gasteiger partial charge in [0.05, 0.1) is 29.0 Å². The molecule has 0 spiro atoms. The minimum Gasteiger partial charge on any atom is -0.310 e. The summed E-state index contributed by atoms with van der Waals surface area (Å²) in [5, 5.41) is 42.2. The number of nitriles is 2. The van der Waals surface area contributed by atoms with E-state index < -0.39 is 0 Å². The van der Waals surface area contributed by atoms with Gasteiger partial charge in [-0.1, -0.05) is 170 Å². The van der Waals surface area contributed by atoms with Crippen LogP contribution < -0.4 is 4.90 Å². The number of nitrogens with zero attached hydrogens (tertiary/aromatic N) is 3. The second-order valence-corrected chi connectivity index (χ2v) is 18.8. The van der Waals surface area contributed by atoms with E-state index in [2.05, 4.69) is 193 Å². The Morgan fingerprint density at radius 2 is 0.620 bits per heavy atom. The third-order valence-corrected chi connectivity index (χ3v) is 15.3. The molecular formula is C68H37N3. The molecule has 0 N–H and O–H groups in total. The van der Waals surface area contributed by atoms with Gasteiger partial charge in [0, 0.05) is 16.8 Å². The molecule has 3 nitrogen and oxygen atoms in total. The van der Waals surface area contributed by atoms with E-state index in [9.17, 15) is 10.5 Å². The molecule has 0 bridgehead atoms. The van der Waals surface area contributed by atoms with E-state index in [0.717, 1.165) is 22.4 Å². The molecule has 3 heteroatoms. The van der Waals surface area contributed by atoms with Crippen molar-refractivity contribution in [2.75, 3.05) is 4.90 Å². The van der Waals surface area contributed by atoms with Crippen molar-refractivity contribution in [1.82, 2.24) is 0 Å². The molecule has 15 aromatic carbocycles. The van der Waals surface area contributed by atoms with Crippen molar-refractivity contribution >= 4 is 114 Å². The first kappa shape index (κ1) is 39.2. The molecule has 0 heterocycles. The first-order chi connectivity index (χ1) is 35.2. The molecule has 0 aliphatic carbocycles. The van der Waals surface area contributed by atoms with Crippen molar-refractivity contribution in [1.29, 1.82) is 10.5 Å². The molecular weight excluding hydrogens is 859 g/mol. The monoisotopic (exact) mass is 895 g/mol. The normalized spacial score (nSPS) is 11.9. The SMILES string of the molecule is N#Cc1ccc(N(c2ccc(C#N)cc2)c2ccc3c4c(-c5ccccc5)c5c6ccc7c8ccc(-c9ccccc9)c9cccc(c%10ccc(c5c(-c5ccccc5)c4c4cccc2c43)c6c%107)c98)cc1. The van der Waals surface area contributed by atoms with Crippen LogP contribution in [0.25, 0.3) is 130 Å². The fraction of sp³-hybridized carbons (Fsp3) is 0. The van der Waals surface area contributed by atoms with Crippen LogP contribution in [0, 0.1) is 22.7 Å². The molecule has 0 amide bonds. The number of fused-ring (bicyclic) bond motifs is 8. The van der Waals surface area contributed by atoms with E-state index in [1.54, 1.807) is 0 Å². The quantitative estimate of drug-likeness (QED) is 0.123. The molecule has 15 rings (SSSR count). The Balaban J connectivity index is 1.11. The zero-order chi connectivity index (χ0) is 46.9. The number of rotatable bonds is 6. The van der Waals surface area contributed by atoms with E-state index >= 15 is 0 Å². The lowest BCUT2D eigenvalue weighted by Gasteiger charge is -2.27. The zero-order valence-electron chi connectivity index (χ0n) is 38.2. The van der Waals surface area contributed by atoms with Gasteiger partial charge in [-0.3, -0.25) is 0 Å². The molecule has 0 fully saturated rings. The van der Waals surface area contributed by atoms with Crippen LogP contribution in [0.3, 0.4) is 0 Å². The van der Waals surface area contributed by atoms with Crippen molar-refractivity contribution in [3.63, 3.8) is 0 Å². The van der Waals surface area contributed by atoms with Crippen molar-refractivity contribution < 1.29 is 0 Å². The van der Waals surface area contributed by atoms with Crippen LogP contribution in [0.1, 0.15) is 11.1 Å². The van der Waals surface area contributed by atoms with Crippen LogP contribution in [0.15, 0.2) is 224 Å². The Labute approximate surface area is 408 Å². The summed E-state index contributed by atoms with van der Waals surface area (Å²) in [5.74, 6) is 0. The van der Waals surface area contributed by atoms with Crippen molar-refractivity contribution in [3.05, 3.63) is 236 Å². The molecule has 324 valence electrons. The second kappa shape index (κ2) is 14.8. The highest BCUT2D eigenvalue weighted by Crippen LogP contribution is 2.58. The lowest BCUT2D eigenvalue weighted by Crippen LogP contribution is -2.10. The molecule has 15 aromatic rings. The summed E-state index contributed by atoms with van der Waals surface area (Å²) in [6.07, 6.45) is 0. The van der Waals surface area contributed by atoms with Crippen LogP contribution in [0.5, 0.6) is 0 Å². The Morgan fingerprint density at radius 1 is 0.254 bits per heavy atom. The van der Waals surface area contributed by atoms with Crippen molar-refractivity contribution in [2.24, 2.45) is 0 Å². The molecule has 0 atom stereocenters. The third kappa shape index (κ3) is 5.41. The average molecular weight is 896 g/mol. The lowest BCUT2D eigenvalue weighted by molar-refractivity contribution is 1.29. The van der Waals surface area contributed by atoms with Gasteiger partial charge >= 0.3 is 0 Å². The molecule has 0 saturated carbocycles. The molecule has 0 aromatic heterocycles. The summed E-state index contributed by atoms with van der Waals surface area (Å²) in [7, 11) is 0. The van der Waals surface area contributed by atoms with Crippen LogP contribution in [-0.4, -0.2) is 0 Å². The lowest BCUT2D eigenvalue weighted by atomic mass is 9.86. The van der Waals surface area contributed by atoms with Gasteiger partial charge in [-0.2, -0.15) is 10.5 Å². The number of benzene rings is 13. The standard InChI is InChI=1S/C68H37N3/c69-38-40-22-26-45(27-23-40)71(46-28-24-41(39-70)25-29-46)58-37-36-55-62-53(58)20-11-21-54(62)65-59(43-14-6-2-7-15-43)67-56-34-32-51-49-19-10-18-48-47(42-12-4-1-5-13-42)30-31-50(61(48)49)52-33-35-57(64(56)63(51)52)68(67)60(66(55)65)44-16-8-3-9-17-44/h1-37H. The van der Waals surface area contributed by atoms with Gasteiger partial charge in [0.25, 0.3) is 0 Å². The van der Waals surface area contributed by atoms with Crippen LogP contribution >= 0.6 is 0 Å². The van der Waals surface area contributed by atoms with Crippen LogP contribution in [-0.2, 0) is 0 Å². The fourth-order valence-electron chi connectivity index (χ4n) is 12.5. The first-order valence-corrected chi connectivity index (χ1v) is 24.1. The molecule has 0 aliphatic rings. The van der Waals surface area contributed by atoms with Crippen LogP contribution in [0.4, 0.5) is 17.1 Å². The van der Waals surface area contributed by atoms with Gasteiger partial charge in [0.1, 0.15) is 0 Å². The number of hydrogen-bond acceptors (Lipinski definition) is 3. The minimum atomic E-state index is 0.598. The largest absolute Gasteiger partial charge is 0.310 e. The van der Waals surface area contributed by atoms with Gasteiger partial charge in [-0.15, -0.1) is 0 Å². The summed E-state index contributed by atoms with van der Waals surface area (Å²) in [5.41, 5.74) is 11.4. The number of hydrogen-bond donors (Lipinski definition) is 0. The van der Waals surface area contributed by atoms with E-state index in [0.29, 0.717) is 11.1 Å². The summed E-state index contributed by atoms with van der Waals surface area (Å²) >= 11 is 0. The van der Waals surface area contributed by atoms with E-state index in [1.165, 1.54) is 125 Å². The number of anilines is 3. The topological polar surface area (TPSA) is 50.8 Å². The predicted octanol–water partition coefficient (Wildman–Crippen LogP) is 18.6. The third-order valence-electron chi connectivity index (χ3n) is 15.3. The summed E-state index contributed by atoms with van der Waals surface area (Å²) < 4.78 is 0. The van der Waals surface area contributed by atoms with E-state index in [4.69, 9.17) is 0 Å². The van der Waals surface area contributed by atoms with Gasteiger partial charge < -0.3 is 4.90 Å². The maximum absolute atomic E-state index is 9.77. The Hall–Kier alpha value is -9.80. The van der Waals surface area contributed by atoms with Gasteiger partial charge in [-0.05, 0) is 180 Å². The van der Waals surface area contributed by atoms with Gasteiger partial charge in [0.15, 0.2) is 0 Å². The Bertz CT molecular complexity index is 4520. The van der Waals surface area contributed by atoms with E-state index in [-0.39, 0.29) is 0 Å². The first-order valence-electron chi connectivity index (χ1n) is 24.1. The maximum Gasteiger partial charge on any atom is 0.0991 e. The Morgan fingerprint density at radius 3 is 1.15 bits per heavy atom. The van der Waals surface area contributed by atoms with Gasteiger partial charge in [-0.25, -0.2) is 0 Å². The molecule has 0 unspecified atom stereocenters. The summed E-state index contributed by atoms with van der Waals surface area (Å²) in [6.45, 7) is 0. The average Bonchev–Trinajstić information content (AvgIpc) is 3.96. The fourth-order valence-corrected chi connectivity index (χ4v) is 12.5. The molecule has 0 saturated heterocycles. The smallest absolute Gasteiger partial charge is 0.0991 e. The Kier molecular flexibility index (Phi) is 8.20.